The molecular weight excluding hydrogens is 188 g/mol. The molecule has 0 aromatic carbocycles. The molecule has 0 unspecified atom stereocenters. The molecule has 1 aromatic heterocycles. The van der Waals surface area contributed by atoms with Crippen LogP contribution in [0.15, 0.2) is 10.1 Å². The number of aromatic amines is 1. The van der Waals surface area contributed by atoms with Crippen molar-refractivity contribution in [2.45, 2.75) is 13.3 Å². The normalized spacial score (nSPS) is 11.4. The Bertz CT molecular complexity index is 381. The van der Waals surface area contributed by atoms with E-state index in [2.05, 4.69) is 25.5 Å². The number of amidine groups is 1. The van der Waals surface area contributed by atoms with Gasteiger partial charge in [0.1, 0.15) is 12.1 Å². The molecule has 1 rings (SSSR count). The lowest BCUT2D eigenvalue weighted by atomic mass is 10.4. The minimum atomic E-state index is -1.09. The molecule has 3 N–H and O–H groups in total. The lowest BCUT2D eigenvalue weighted by molar-refractivity contribution is -0.135. The lowest BCUT2D eigenvalue weighted by Gasteiger charge is -1.93. The van der Waals surface area contributed by atoms with E-state index in [1.165, 1.54) is 0 Å². The first-order valence-electron chi connectivity index (χ1n) is 3.68. The highest BCUT2D eigenvalue weighted by atomic mass is 16.4. The fraction of sp³-hybridized carbons (Fsp3) is 0.333. The number of carboxylic acid groups (broad SMARTS) is 1. The van der Waals surface area contributed by atoms with Crippen LogP contribution in [0.2, 0.25) is 0 Å². The van der Waals surface area contributed by atoms with Crippen LogP contribution in [0, 0.1) is 12.5 Å². The molecule has 0 aliphatic carbocycles. The molecule has 0 aliphatic rings. The van der Waals surface area contributed by atoms with Crippen molar-refractivity contribution in [3.05, 3.63) is 5.69 Å². The van der Waals surface area contributed by atoms with Crippen molar-refractivity contribution >= 4 is 17.6 Å². The number of aliphatic imine (C=N–C) groups is 1. The Morgan fingerprint density at radius 3 is 2.86 bits per heavy atom. The predicted molar refractivity (Wildman–Crippen MR) is 45.6 cm³/mol. The molecule has 0 fully saturated rings. The van der Waals surface area contributed by atoms with E-state index in [1.807, 2.05) is 0 Å². The Morgan fingerprint density at radius 1 is 1.71 bits per heavy atom. The molecule has 14 heavy (non-hydrogen) atoms. The summed E-state index contributed by atoms with van der Waals surface area (Å²) in [7, 11) is 0. The molecule has 0 radical (unpaired) electrons. The zero-order valence-electron chi connectivity index (χ0n) is 7.35. The van der Waals surface area contributed by atoms with Gasteiger partial charge in [-0.25, -0.2) is 15.6 Å². The van der Waals surface area contributed by atoms with Crippen LogP contribution in [0.25, 0.3) is 0 Å². The Balaban J connectivity index is 2.89. The van der Waals surface area contributed by atoms with E-state index in [-0.39, 0.29) is 5.84 Å². The van der Waals surface area contributed by atoms with Gasteiger partial charge in [-0.3, -0.25) is 4.79 Å². The molecule has 0 spiro atoms. The molecule has 0 bridgehead atoms. The van der Waals surface area contributed by atoms with Crippen LogP contribution >= 0.6 is 0 Å². The van der Waals surface area contributed by atoms with Crippen LogP contribution < -0.4 is 0 Å². The van der Waals surface area contributed by atoms with Gasteiger partial charge in [-0.2, -0.15) is 0 Å². The van der Waals surface area contributed by atoms with Crippen molar-refractivity contribution in [1.29, 1.82) is 5.53 Å². The molecule has 8 nitrogen and oxygen atoms in total. The maximum atomic E-state index is 10.3. The van der Waals surface area contributed by atoms with Crippen molar-refractivity contribution < 1.29 is 9.90 Å². The summed E-state index contributed by atoms with van der Waals surface area (Å²) in [4.78, 5) is 14.1. The number of aryl methyl sites for hydroxylation is 1. The van der Waals surface area contributed by atoms with Crippen LogP contribution in [0.5, 0.6) is 0 Å². The molecule has 1 aromatic rings. The molecule has 0 saturated carbocycles. The van der Waals surface area contributed by atoms with Gasteiger partial charge in [0.15, 0.2) is 11.7 Å². The number of hydrogen-bond acceptors (Lipinski definition) is 5. The summed E-state index contributed by atoms with van der Waals surface area (Å²) >= 11 is 0. The zero-order valence-corrected chi connectivity index (χ0v) is 7.35. The van der Waals surface area contributed by atoms with Crippen LogP contribution in [0.3, 0.4) is 0 Å². The maximum Gasteiger partial charge on any atom is 0.311 e. The van der Waals surface area contributed by atoms with Gasteiger partial charge < -0.3 is 5.11 Å². The molecule has 0 saturated heterocycles. The van der Waals surface area contributed by atoms with Gasteiger partial charge in [-0.05, 0) is 6.92 Å². The van der Waals surface area contributed by atoms with Gasteiger partial charge in [0.05, 0.1) is 0 Å². The first-order valence-corrected chi connectivity index (χ1v) is 3.68. The van der Waals surface area contributed by atoms with Gasteiger partial charge in [0, 0.05) is 0 Å². The number of H-pyrrole nitrogens is 1. The average Bonchev–Trinajstić information content (AvgIpc) is 2.50. The lowest BCUT2D eigenvalue weighted by Crippen LogP contribution is -2.03. The van der Waals surface area contributed by atoms with Crippen molar-refractivity contribution in [1.82, 2.24) is 15.4 Å². The van der Waals surface area contributed by atoms with Crippen molar-refractivity contribution in [2.75, 3.05) is 0 Å². The number of nitrogens with one attached hydrogen (secondary N) is 2. The fourth-order valence-corrected chi connectivity index (χ4v) is 0.750. The first kappa shape index (κ1) is 9.96. The largest absolute Gasteiger partial charge is 0.481 e. The van der Waals surface area contributed by atoms with Gasteiger partial charge >= 0.3 is 5.97 Å². The molecule has 8 heteroatoms. The summed E-state index contributed by atoms with van der Waals surface area (Å²) < 4.78 is 0. The van der Waals surface area contributed by atoms with E-state index in [4.69, 9.17) is 10.6 Å². The van der Waals surface area contributed by atoms with Crippen LogP contribution in [-0.4, -0.2) is 32.3 Å². The van der Waals surface area contributed by atoms with E-state index in [9.17, 15) is 4.79 Å². The minimum Gasteiger partial charge on any atom is -0.481 e. The van der Waals surface area contributed by atoms with E-state index in [0.717, 1.165) is 0 Å². The summed E-state index contributed by atoms with van der Waals surface area (Å²) in [5.41, 5.74) is 7.23. The highest BCUT2D eigenvalue weighted by molar-refractivity contribution is 5.98. The quantitative estimate of drug-likeness (QED) is 0.372. The van der Waals surface area contributed by atoms with Gasteiger partial charge in [-0.1, -0.05) is 5.21 Å². The van der Waals surface area contributed by atoms with Crippen LogP contribution in [0.1, 0.15) is 12.1 Å². The summed E-state index contributed by atoms with van der Waals surface area (Å²) in [6.45, 7) is 1.66. The third-order valence-corrected chi connectivity index (χ3v) is 1.38. The summed E-state index contributed by atoms with van der Waals surface area (Å²) in [6.07, 6.45) is -0.401. The van der Waals surface area contributed by atoms with Crippen molar-refractivity contribution in [3.8, 4) is 0 Å². The fourth-order valence-electron chi connectivity index (χ4n) is 0.750. The number of hydrogen-bond donors (Lipinski definition) is 3. The predicted octanol–water partition coefficient (Wildman–Crippen LogP) is 0.649. The monoisotopic (exact) mass is 196 g/mol. The van der Waals surface area contributed by atoms with E-state index < -0.39 is 12.4 Å². The molecule has 0 aliphatic heterocycles. The standard InChI is InChI=1S/C6H8N6O2/c1-3-6(11-12-10-3)8-4(9-7)2-5(13)14/h7H,2H2,1H3,(H,13,14)(H,10,11,12)/b8-4-,9-7?. The van der Waals surface area contributed by atoms with E-state index in [1.54, 1.807) is 6.92 Å². The Morgan fingerprint density at radius 2 is 2.43 bits per heavy atom. The van der Waals surface area contributed by atoms with E-state index in [0.29, 0.717) is 11.5 Å². The van der Waals surface area contributed by atoms with Gasteiger partial charge in [-0.15, -0.1) is 10.2 Å². The number of aromatic nitrogens is 3. The van der Waals surface area contributed by atoms with Gasteiger partial charge in [0.25, 0.3) is 0 Å². The van der Waals surface area contributed by atoms with Crippen molar-refractivity contribution in [2.24, 2.45) is 10.1 Å². The first-order chi connectivity index (χ1) is 6.63. The maximum absolute atomic E-state index is 10.3. The molecular formula is C6H8N6O2. The third-order valence-electron chi connectivity index (χ3n) is 1.38. The van der Waals surface area contributed by atoms with Crippen molar-refractivity contribution in [3.63, 3.8) is 0 Å². The second-order valence-electron chi connectivity index (χ2n) is 2.46. The van der Waals surface area contributed by atoms with Crippen LogP contribution in [-0.2, 0) is 4.79 Å². The minimum absolute atomic E-state index is 0.105. The second kappa shape index (κ2) is 4.21. The number of aliphatic carboxylic acids is 1. The number of carboxylic acids is 1. The summed E-state index contributed by atoms with van der Waals surface area (Å²) in [5.74, 6) is -0.881. The zero-order chi connectivity index (χ0) is 10.6. The topological polar surface area (TPSA) is 127 Å². The third kappa shape index (κ3) is 2.44. The number of nitrogens with zero attached hydrogens (tertiary/aromatic N) is 4. The Labute approximate surface area is 78.6 Å². The average molecular weight is 196 g/mol. The Kier molecular flexibility index (Phi) is 3.00. The molecule has 0 atom stereocenters. The second-order valence-corrected chi connectivity index (χ2v) is 2.46. The van der Waals surface area contributed by atoms with Gasteiger partial charge in [0.2, 0.25) is 0 Å². The number of rotatable bonds is 3. The summed E-state index contributed by atoms with van der Waals surface area (Å²) in [6, 6.07) is 0. The van der Waals surface area contributed by atoms with Crippen LogP contribution in [0.4, 0.5) is 5.82 Å². The SMILES string of the molecule is Cc1nn[nH]c1/N=C(/CC(=O)O)N=N. The number of carbonyl (C=O) groups is 1. The van der Waals surface area contributed by atoms with E-state index >= 15 is 0 Å². The Hall–Kier alpha value is -2.12. The molecule has 74 valence electrons. The highest BCUT2D eigenvalue weighted by Gasteiger charge is 2.07. The smallest absolute Gasteiger partial charge is 0.311 e. The summed E-state index contributed by atoms with van der Waals surface area (Å²) in [5, 5.41) is 21.0. The molecule has 0 amide bonds. The molecule has 1 heterocycles. The highest BCUT2D eigenvalue weighted by Crippen LogP contribution is 2.11.